The lowest BCUT2D eigenvalue weighted by Gasteiger charge is -2.18. The Labute approximate surface area is 63.8 Å². The van der Waals surface area contributed by atoms with E-state index in [1.165, 1.54) is 6.92 Å². The number of hydrogen-bond acceptors (Lipinski definition) is 5. The van der Waals surface area contributed by atoms with Crippen LogP contribution >= 0.6 is 0 Å². The van der Waals surface area contributed by atoms with Gasteiger partial charge in [-0.25, -0.2) is 0 Å². The number of carbonyl (C=O) groups is 2. The summed E-state index contributed by atoms with van der Waals surface area (Å²) in [7, 11) is 0. The first-order chi connectivity index (χ1) is 4.98. The number of aliphatic hydroxyl groups excluding tert-OH is 1. The van der Waals surface area contributed by atoms with Crippen molar-refractivity contribution >= 4 is 12.1 Å². The number of rotatable bonds is 4. The van der Waals surface area contributed by atoms with E-state index in [1.807, 2.05) is 0 Å². The molecule has 0 saturated heterocycles. The second-order valence-electron chi connectivity index (χ2n) is 2.35. The summed E-state index contributed by atoms with van der Waals surface area (Å²) in [5.41, 5.74) is 2.77. The maximum absolute atomic E-state index is 10.9. The molecule has 0 aromatic heterocycles. The van der Waals surface area contributed by atoms with Crippen LogP contribution in [0.3, 0.4) is 0 Å². The number of Topliss-reactive ketones (excluding diaryl/α,β-unsaturated/α-hetero) is 1. The fraction of sp³-hybridized carbons (Fsp3) is 0.667. The smallest absolute Gasteiger partial charge is 0.202 e. The maximum Gasteiger partial charge on any atom is 0.202 e. The van der Waals surface area contributed by atoms with E-state index in [0.717, 1.165) is 0 Å². The minimum atomic E-state index is -2.33. The average molecular weight is 161 g/mol. The number of nitrogens with two attached hydrogens (primary N) is 1. The first-order valence-electron chi connectivity index (χ1n) is 3.07. The molecule has 0 bridgehead atoms. The zero-order valence-corrected chi connectivity index (χ0v) is 6.15. The van der Waals surface area contributed by atoms with E-state index >= 15 is 0 Å². The zero-order chi connectivity index (χ0) is 9.07. The molecule has 0 saturated carbocycles. The van der Waals surface area contributed by atoms with Crippen LogP contribution in [0.15, 0.2) is 0 Å². The molecule has 11 heavy (non-hydrogen) atoms. The highest BCUT2D eigenvalue weighted by Gasteiger charge is 2.36. The molecule has 0 aromatic carbocycles. The SMILES string of the molecule is CC(N)C(=O)C(O)(C=O)CO. The summed E-state index contributed by atoms with van der Waals surface area (Å²) in [4.78, 5) is 21.0. The summed E-state index contributed by atoms with van der Waals surface area (Å²) in [6.45, 7) is 0.392. The Hall–Kier alpha value is -0.780. The van der Waals surface area contributed by atoms with Gasteiger partial charge in [0.25, 0.3) is 0 Å². The third-order valence-electron chi connectivity index (χ3n) is 1.28. The highest BCUT2D eigenvalue weighted by Crippen LogP contribution is 2.02. The molecule has 0 spiro atoms. The molecule has 0 aliphatic rings. The maximum atomic E-state index is 10.9. The van der Waals surface area contributed by atoms with Gasteiger partial charge in [-0.3, -0.25) is 9.59 Å². The largest absolute Gasteiger partial charge is 0.392 e. The first-order valence-corrected chi connectivity index (χ1v) is 3.07. The van der Waals surface area contributed by atoms with Crippen molar-refractivity contribution in [1.82, 2.24) is 0 Å². The Kier molecular flexibility index (Phi) is 3.31. The van der Waals surface area contributed by atoms with E-state index in [2.05, 4.69) is 0 Å². The van der Waals surface area contributed by atoms with Gasteiger partial charge >= 0.3 is 0 Å². The molecule has 0 aliphatic carbocycles. The molecule has 2 atom stereocenters. The van der Waals surface area contributed by atoms with Gasteiger partial charge in [0.2, 0.25) is 5.60 Å². The van der Waals surface area contributed by atoms with Crippen LogP contribution in [-0.2, 0) is 9.59 Å². The minimum absolute atomic E-state index is 0.0152. The Morgan fingerprint density at radius 1 is 1.82 bits per heavy atom. The predicted molar refractivity (Wildman–Crippen MR) is 36.8 cm³/mol. The van der Waals surface area contributed by atoms with Gasteiger partial charge in [-0.2, -0.15) is 0 Å². The molecule has 5 heteroatoms. The van der Waals surface area contributed by atoms with E-state index in [1.54, 1.807) is 0 Å². The summed E-state index contributed by atoms with van der Waals surface area (Å²) in [6, 6.07) is -0.961. The number of carbonyl (C=O) groups excluding carboxylic acids is 2. The molecule has 4 N–H and O–H groups in total. The van der Waals surface area contributed by atoms with E-state index < -0.39 is 24.0 Å². The van der Waals surface area contributed by atoms with Crippen molar-refractivity contribution < 1.29 is 19.8 Å². The molecule has 0 aliphatic heterocycles. The Balaban J connectivity index is 4.50. The van der Waals surface area contributed by atoms with Crippen molar-refractivity contribution in [2.45, 2.75) is 18.6 Å². The normalized spacial score (nSPS) is 18.5. The van der Waals surface area contributed by atoms with Crippen LogP contribution in [0.5, 0.6) is 0 Å². The highest BCUT2D eigenvalue weighted by atomic mass is 16.3. The topological polar surface area (TPSA) is 101 Å². The molecule has 0 fully saturated rings. The van der Waals surface area contributed by atoms with Crippen LogP contribution in [0.4, 0.5) is 0 Å². The van der Waals surface area contributed by atoms with E-state index in [4.69, 9.17) is 15.9 Å². The van der Waals surface area contributed by atoms with Crippen LogP contribution in [0.1, 0.15) is 6.92 Å². The van der Waals surface area contributed by atoms with Crippen LogP contribution in [-0.4, -0.2) is 40.5 Å². The summed E-state index contributed by atoms with van der Waals surface area (Å²) in [5.74, 6) is -0.880. The third kappa shape index (κ3) is 2.07. The lowest BCUT2D eigenvalue weighted by Crippen LogP contribution is -2.51. The monoisotopic (exact) mass is 161 g/mol. The lowest BCUT2D eigenvalue weighted by molar-refractivity contribution is -0.148. The molecular weight excluding hydrogens is 150 g/mol. The van der Waals surface area contributed by atoms with Gasteiger partial charge in [-0.05, 0) is 6.92 Å². The zero-order valence-electron chi connectivity index (χ0n) is 6.15. The summed E-state index contributed by atoms with van der Waals surface area (Å²) in [6.07, 6.45) is -0.0152. The van der Waals surface area contributed by atoms with Gasteiger partial charge in [-0.15, -0.1) is 0 Å². The lowest BCUT2D eigenvalue weighted by atomic mass is 9.97. The van der Waals surface area contributed by atoms with Gasteiger partial charge in [0, 0.05) is 0 Å². The number of hydrogen-bond donors (Lipinski definition) is 3. The molecule has 64 valence electrons. The van der Waals surface area contributed by atoms with E-state index in [9.17, 15) is 9.59 Å². The minimum Gasteiger partial charge on any atom is -0.392 e. The molecule has 2 unspecified atom stereocenters. The Morgan fingerprint density at radius 2 is 2.27 bits per heavy atom. The first kappa shape index (κ1) is 10.2. The van der Waals surface area contributed by atoms with Crippen molar-refractivity contribution in [3.8, 4) is 0 Å². The van der Waals surface area contributed by atoms with Crippen LogP contribution < -0.4 is 5.73 Å². The third-order valence-corrected chi connectivity index (χ3v) is 1.28. The fourth-order valence-electron chi connectivity index (χ4n) is 0.568. The van der Waals surface area contributed by atoms with Crippen LogP contribution in [0.2, 0.25) is 0 Å². The highest BCUT2D eigenvalue weighted by molar-refractivity contribution is 6.04. The van der Waals surface area contributed by atoms with E-state index in [0.29, 0.717) is 0 Å². The van der Waals surface area contributed by atoms with Crippen molar-refractivity contribution in [3.63, 3.8) is 0 Å². The molecule has 0 heterocycles. The number of aliphatic hydroxyl groups is 2. The fourth-order valence-corrected chi connectivity index (χ4v) is 0.568. The number of ketones is 1. The molecular formula is C6H11NO4. The molecule has 0 rings (SSSR count). The standard InChI is InChI=1S/C6H11NO4/c1-4(7)5(10)6(11,2-8)3-9/h2,4,9,11H,3,7H2,1H3. The summed E-state index contributed by atoms with van der Waals surface area (Å²) in [5, 5.41) is 17.5. The van der Waals surface area contributed by atoms with E-state index in [-0.39, 0.29) is 6.29 Å². The van der Waals surface area contributed by atoms with Gasteiger partial charge < -0.3 is 15.9 Å². The quantitative estimate of drug-likeness (QED) is 0.321. The molecule has 5 nitrogen and oxygen atoms in total. The van der Waals surface area contributed by atoms with Crippen molar-refractivity contribution in [1.29, 1.82) is 0 Å². The number of aldehydes is 1. The average Bonchev–Trinajstić information content (AvgIpc) is 2.01. The molecule has 0 radical (unpaired) electrons. The van der Waals surface area contributed by atoms with Crippen LogP contribution in [0.25, 0.3) is 0 Å². The van der Waals surface area contributed by atoms with Crippen LogP contribution in [0, 0.1) is 0 Å². The second-order valence-corrected chi connectivity index (χ2v) is 2.35. The van der Waals surface area contributed by atoms with Crippen molar-refractivity contribution in [2.24, 2.45) is 5.73 Å². The molecule has 0 aromatic rings. The summed E-state index contributed by atoms with van der Waals surface area (Å²) < 4.78 is 0. The Morgan fingerprint density at radius 3 is 2.36 bits per heavy atom. The van der Waals surface area contributed by atoms with Crippen molar-refractivity contribution in [2.75, 3.05) is 6.61 Å². The Bertz CT molecular complexity index is 168. The van der Waals surface area contributed by atoms with Gasteiger partial charge in [-0.1, -0.05) is 0 Å². The van der Waals surface area contributed by atoms with Gasteiger partial charge in [0.1, 0.15) is 0 Å². The van der Waals surface area contributed by atoms with Gasteiger partial charge in [0.05, 0.1) is 12.6 Å². The summed E-state index contributed by atoms with van der Waals surface area (Å²) >= 11 is 0. The molecule has 0 amide bonds. The second kappa shape index (κ2) is 3.56. The van der Waals surface area contributed by atoms with Gasteiger partial charge in [0.15, 0.2) is 12.1 Å². The predicted octanol–water partition coefficient (Wildman–Crippen LogP) is -2.17. The van der Waals surface area contributed by atoms with Crippen molar-refractivity contribution in [3.05, 3.63) is 0 Å².